The highest BCUT2D eigenvalue weighted by Gasteiger charge is 2.70. The van der Waals surface area contributed by atoms with E-state index in [2.05, 4.69) is 15.2 Å². The zero-order valence-corrected chi connectivity index (χ0v) is 12.6. The molecule has 0 amide bonds. The smallest absolute Gasteiger partial charge is 0.376 e. The maximum Gasteiger partial charge on any atom is 0.376 e. The summed E-state index contributed by atoms with van der Waals surface area (Å²) >= 11 is 0. The molecule has 0 saturated carbocycles. The second kappa shape index (κ2) is 7.19. The highest BCUT2D eigenvalue weighted by atomic mass is 35.7. The number of halogens is 7. The van der Waals surface area contributed by atoms with Crippen molar-refractivity contribution >= 4 is 19.7 Å². The summed E-state index contributed by atoms with van der Waals surface area (Å²) in [5.74, 6) is -15.9. The van der Waals surface area contributed by atoms with Crippen molar-refractivity contribution in [1.82, 2.24) is 15.2 Å². The van der Waals surface area contributed by atoms with Crippen LogP contribution in [0.4, 0.5) is 26.3 Å². The summed E-state index contributed by atoms with van der Waals surface area (Å²) in [6.07, 6.45) is 0. The number of aliphatic hydroxyl groups is 2. The molecule has 0 aliphatic carbocycles. The van der Waals surface area contributed by atoms with Crippen LogP contribution in [0, 0.1) is 6.92 Å². The van der Waals surface area contributed by atoms with Gasteiger partial charge in [0.2, 0.25) is 0 Å². The molecule has 136 valence electrons. The number of aromatic amines is 1. The number of aromatic nitrogens is 3. The Balaban J connectivity index is 0.000000433. The number of alkyl halides is 6. The molecule has 23 heavy (non-hydrogen) atoms. The van der Waals surface area contributed by atoms with Crippen LogP contribution < -0.4 is 0 Å². The van der Waals surface area contributed by atoms with Crippen molar-refractivity contribution in [2.45, 2.75) is 29.8 Å². The lowest BCUT2D eigenvalue weighted by Gasteiger charge is -2.30. The van der Waals surface area contributed by atoms with Crippen molar-refractivity contribution in [2.75, 3.05) is 13.2 Å². The number of H-pyrrole nitrogens is 1. The predicted octanol–water partition coefficient (Wildman–Crippen LogP) is 0.918. The number of aliphatic hydroxyl groups excluding tert-OH is 2. The van der Waals surface area contributed by atoms with Gasteiger partial charge in [-0.1, -0.05) is 0 Å². The van der Waals surface area contributed by atoms with Gasteiger partial charge in [0.05, 0.1) is 0 Å². The van der Waals surface area contributed by atoms with Crippen LogP contribution in [0.3, 0.4) is 0 Å². The first-order chi connectivity index (χ1) is 10.1. The molecule has 0 radical (unpaired) electrons. The minimum absolute atomic E-state index is 0.383. The molecule has 0 atom stereocenters. The van der Waals surface area contributed by atoms with Crippen molar-refractivity contribution in [1.29, 1.82) is 0 Å². The van der Waals surface area contributed by atoms with E-state index in [0.717, 1.165) is 0 Å². The molecule has 0 fully saturated rings. The zero-order valence-electron chi connectivity index (χ0n) is 11.1. The molecule has 1 aromatic rings. The number of hydrogen-bond acceptors (Lipinski definition) is 6. The van der Waals surface area contributed by atoms with E-state index in [1.807, 2.05) is 0 Å². The molecule has 0 spiro atoms. The van der Waals surface area contributed by atoms with E-state index < -0.39 is 40.0 Å². The van der Waals surface area contributed by atoms with Crippen LogP contribution in [-0.2, 0) is 9.05 Å². The van der Waals surface area contributed by atoms with Crippen molar-refractivity contribution in [3.63, 3.8) is 0 Å². The van der Waals surface area contributed by atoms with Crippen LogP contribution in [0.1, 0.15) is 5.82 Å². The van der Waals surface area contributed by atoms with Gasteiger partial charge >= 0.3 is 17.8 Å². The minimum atomic E-state index is -5.77. The summed E-state index contributed by atoms with van der Waals surface area (Å²) in [5, 5.41) is 20.8. The third-order valence-corrected chi connectivity index (χ3v) is 3.14. The van der Waals surface area contributed by atoms with Gasteiger partial charge < -0.3 is 10.2 Å². The fourth-order valence-corrected chi connectivity index (χ4v) is 1.51. The van der Waals surface area contributed by atoms with Crippen LogP contribution in [0.25, 0.3) is 0 Å². The average Bonchev–Trinajstić information content (AvgIpc) is 2.85. The Bertz CT molecular complexity index is 605. The molecule has 15 heteroatoms. The number of nitrogens with zero attached hydrogens (tertiary/aromatic N) is 2. The lowest BCUT2D eigenvalue weighted by atomic mass is 10.1. The SMILES string of the molecule is Cc1nc(S(=O)(=O)Cl)n[nH]1.OCC(F)(F)C(F)(F)C(F)(F)CO. The van der Waals surface area contributed by atoms with Gasteiger partial charge in [0.1, 0.15) is 19.0 Å². The molecule has 3 N–H and O–H groups in total. The minimum Gasteiger partial charge on any atom is -0.390 e. The van der Waals surface area contributed by atoms with E-state index in [9.17, 15) is 34.8 Å². The molecule has 0 aliphatic heterocycles. The third-order valence-electron chi connectivity index (χ3n) is 2.11. The van der Waals surface area contributed by atoms with Gasteiger partial charge in [-0.3, -0.25) is 5.10 Å². The molecule has 1 heterocycles. The van der Waals surface area contributed by atoms with Crippen molar-refractivity contribution in [2.24, 2.45) is 0 Å². The van der Waals surface area contributed by atoms with Crippen LogP contribution in [0.5, 0.6) is 0 Å². The van der Waals surface area contributed by atoms with Crippen LogP contribution in [0.2, 0.25) is 0 Å². The third kappa shape index (κ3) is 5.19. The summed E-state index contributed by atoms with van der Waals surface area (Å²) in [5.41, 5.74) is 0. The van der Waals surface area contributed by atoms with Gasteiger partial charge in [-0.05, 0) is 6.92 Å². The van der Waals surface area contributed by atoms with E-state index in [0.29, 0.717) is 5.82 Å². The van der Waals surface area contributed by atoms with Gasteiger partial charge in [0.15, 0.2) is 0 Å². The molecule has 0 saturated heterocycles. The number of aryl methyl sites for hydroxylation is 1. The van der Waals surface area contributed by atoms with Crippen molar-refractivity contribution in [3.8, 4) is 0 Å². The monoisotopic (exact) mass is 393 g/mol. The van der Waals surface area contributed by atoms with Crippen LogP contribution in [0.15, 0.2) is 5.16 Å². The Labute approximate surface area is 129 Å². The molecular weight excluding hydrogens is 384 g/mol. The van der Waals surface area contributed by atoms with Gasteiger partial charge in [-0.2, -0.15) is 26.3 Å². The Morgan fingerprint density at radius 2 is 1.48 bits per heavy atom. The maximum absolute atomic E-state index is 12.2. The second-order valence-electron chi connectivity index (χ2n) is 3.94. The summed E-state index contributed by atoms with van der Waals surface area (Å²) < 4.78 is 93.3. The number of nitrogens with one attached hydrogen (secondary N) is 1. The molecule has 7 nitrogen and oxygen atoms in total. The Kier molecular flexibility index (Phi) is 6.84. The molecule has 1 rings (SSSR count). The number of hydrogen-bond donors (Lipinski definition) is 3. The average molecular weight is 394 g/mol. The zero-order chi connectivity index (χ0) is 18.7. The van der Waals surface area contributed by atoms with Gasteiger partial charge in [-0.25, -0.2) is 13.4 Å². The highest BCUT2D eigenvalue weighted by Crippen LogP contribution is 2.44. The second-order valence-corrected chi connectivity index (χ2v) is 6.40. The lowest BCUT2D eigenvalue weighted by Crippen LogP contribution is -2.57. The summed E-state index contributed by atoms with van der Waals surface area (Å²) in [6, 6.07) is 0. The van der Waals surface area contributed by atoms with E-state index in [1.165, 1.54) is 0 Å². The Hall–Kier alpha value is -1.12. The predicted molar refractivity (Wildman–Crippen MR) is 63.2 cm³/mol. The topological polar surface area (TPSA) is 116 Å². The number of rotatable bonds is 5. The Morgan fingerprint density at radius 1 is 1.09 bits per heavy atom. The van der Waals surface area contributed by atoms with E-state index in [1.54, 1.807) is 6.92 Å². The standard InChI is InChI=1S/C5H6F6O2.C3H4ClN3O2S/c6-3(7,1-12)5(10,11)4(8,9)2-13;1-2-5-3(7-6-2)10(4,8)9/h12-13H,1-2H2;1H3,(H,5,6,7). The molecule has 1 aromatic heterocycles. The maximum atomic E-state index is 12.2. The largest absolute Gasteiger partial charge is 0.390 e. The highest BCUT2D eigenvalue weighted by molar-refractivity contribution is 8.13. The van der Waals surface area contributed by atoms with Gasteiger partial charge in [0, 0.05) is 10.7 Å². The van der Waals surface area contributed by atoms with Crippen molar-refractivity contribution < 1.29 is 45.0 Å². The van der Waals surface area contributed by atoms with Gasteiger partial charge in [-0.15, -0.1) is 5.10 Å². The molecule has 0 aromatic carbocycles. The molecule has 0 unspecified atom stereocenters. The molecule has 0 aliphatic rings. The summed E-state index contributed by atoms with van der Waals surface area (Å²) in [6.45, 7) is -3.26. The van der Waals surface area contributed by atoms with Gasteiger partial charge in [0.25, 0.3) is 14.2 Å². The molecular formula is C8H10ClF6N3O4S. The van der Waals surface area contributed by atoms with E-state index >= 15 is 0 Å². The first kappa shape index (κ1) is 21.9. The quantitative estimate of drug-likeness (QED) is 0.506. The van der Waals surface area contributed by atoms with Crippen LogP contribution in [-0.4, -0.2) is 64.8 Å². The first-order valence-electron chi connectivity index (χ1n) is 5.31. The summed E-state index contributed by atoms with van der Waals surface area (Å²) in [4.78, 5) is 3.50. The summed E-state index contributed by atoms with van der Waals surface area (Å²) in [7, 11) is 1.14. The van der Waals surface area contributed by atoms with Crippen LogP contribution >= 0.6 is 10.7 Å². The Morgan fingerprint density at radius 3 is 1.65 bits per heavy atom. The first-order valence-corrected chi connectivity index (χ1v) is 7.62. The van der Waals surface area contributed by atoms with E-state index in [4.69, 9.17) is 20.9 Å². The van der Waals surface area contributed by atoms with Crippen molar-refractivity contribution in [3.05, 3.63) is 5.82 Å². The fourth-order valence-electron chi connectivity index (χ4n) is 0.897. The van der Waals surface area contributed by atoms with E-state index in [-0.39, 0.29) is 5.16 Å². The fraction of sp³-hybridized carbons (Fsp3) is 0.750. The lowest BCUT2D eigenvalue weighted by molar-refractivity contribution is -0.323. The normalized spacial score (nSPS) is 13.5. The molecule has 0 bridgehead atoms.